The third-order valence-corrected chi connectivity index (χ3v) is 5.14. The third kappa shape index (κ3) is 4.68. The summed E-state index contributed by atoms with van der Waals surface area (Å²) in [6, 6.07) is 6.27. The van der Waals surface area contributed by atoms with Crippen molar-refractivity contribution in [3.8, 4) is 17.3 Å². The van der Waals surface area contributed by atoms with Crippen molar-refractivity contribution in [2.45, 2.75) is 25.9 Å². The molecule has 0 bridgehead atoms. The van der Waals surface area contributed by atoms with Gasteiger partial charge in [-0.1, -0.05) is 5.21 Å². The van der Waals surface area contributed by atoms with Crippen LogP contribution < -0.4 is 4.74 Å². The minimum absolute atomic E-state index is 0.0847. The second-order valence-corrected chi connectivity index (χ2v) is 7.23. The molecule has 0 aromatic carbocycles. The number of pyridine rings is 2. The monoisotopic (exact) mass is 411 g/mol. The van der Waals surface area contributed by atoms with Crippen LogP contribution in [0.1, 0.15) is 35.3 Å². The van der Waals surface area contributed by atoms with Crippen LogP contribution in [0.15, 0.2) is 36.7 Å². The fourth-order valence-corrected chi connectivity index (χ4v) is 3.36. The number of ether oxygens (including phenoxy) is 2. The molecule has 0 N–H and O–H groups in total. The minimum atomic E-state index is -0.420. The summed E-state index contributed by atoms with van der Waals surface area (Å²) in [5.74, 6) is 0.424. The van der Waals surface area contributed by atoms with Gasteiger partial charge in [-0.3, -0.25) is 9.78 Å². The van der Waals surface area contributed by atoms with Crippen molar-refractivity contribution in [3.63, 3.8) is 0 Å². The minimum Gasteiger partial charge on any atom is -0.471 e. The van der Waals surface area contributed by atoms with E-state index < -0.39 is 5.82 Å². The van der Waals surface area contributed by atoms with E-state index in [9.17, 15) is 9.18 Å². The number of rotatable bonds is 7. The number of hydrogen-bond acceptors (Lipinski definition) is 7. The highest BCUT2D eigenvalue weighted by Gasteiger charge is 2.19. The highest BCUT2D eigenvalue weighted by molar-refractivity contribution is 5.95. The molecule has 0 aliphatic carbocycles. The van der Waals surface area contributed by atoms with E-state index in [4.69, 9.17) is 9.47 Å². The maximum Gasteiger partial charge on any atom is 0.213 e. The number of hydrogen-bond donors (Lipinski definition) is 0. The van der Waals surface area contributed by atoms with Crippen molar-refractivity contribution >= 4 is 5.78 Å². The number of aromatic nitrogens is 5. The van der Waals surface area contributed by atoms with Gasteiger partial charge >= 0.3 is 0 Å². The predicted octanol–water partition coefficient (Wildman–Crippen LogP) is 2.99. The van der Waals surface area contributed by atoms with Crippen LogP contribution in [0.3, 0.4) is 0 Å². The summed E-state index contributed by atoms with van der Waals surface area (Å²) in [7, 11) is 1.74. The molecule has 9 heteroatoms. The molecule has 1 fully saturated rings. The van der Waals surface area contributed by atoms with E-state index in [0.717, 1.165) is 32.3 Å². The molecular weight excluding hydrogens is 389 g/mol. The molecular formula is C21H22FN5O3. The quantitative estimate of drug-likeness (QED) is 0.552. The first-order valence-electron chi connectivity index (χ1n) is 9.80. The van der Waals surface area contributed by atoms with E-state index in [-0.39, 0.29) is 12.4 Å². The standard InChI is InChI=1S/C21H22FN5O3/c1-27-18(21(25-26-27)17-4-3-16(22)12-23-17)13-30-20-5-2-15(11-24-20)19(28)10-14-6-8-29-9-7-14/h2-5,11-12,14H,6-10,13H2,1H3. The Morgan fingerprint density at radius 3 is 2.73 bits per heavy atom. The lowest BCUT2D eigenvalue weighted by atomic mass is 9.92. The van der Waals surface area contributed by atoms with Crippen LogP contribution in [0.2, 0.25) is 0 Å². The summed E-state index contributed by atoms with van der Waals surface area (Å²) in [5, 5.41) is 8.09. The van der Waals surface area contributed by atoms with E-state index in [2.05, 4.69) is 20.3 Å². The summed E-state index contributed by atoms with van der Waals surface area (Å²) in [6.07, 6.45) is 5.03. The predicted molar refractivity (Wildman–Crippen MR) is 105 cm³/mol. The first kappa shape index (κ1) is 20.1. The maximum atomic E-state index is 13.1. The van der Waals surface area contributed by atoms with Crippen molar-refractivity contribution in [1.82, 2.24) is 25.0 Å². The first-order chi connectivity index (χ1) is 14.6. The van der Waals surface area contributed by atoms with Gasteiger partial charge in [0.2, 0.25) is 5.88 Å². The number of carbonyl (C=O) groups excluding carboxylic acids is 1. The molecule has 0 amide bonds. The van der Waals surface area contributed by atoms with Gasteiger partial charge in [0.15, 0.2) is 5.78 Å². The molecule has 4 heterocycles. The van der Waals surface area contributed by atoms with Crippen molar-refractivity contribution in [3.05, 3.63) is 53.7 Å². The van der Waals surface area contributed by atoms with Gasteiger partial charge in [-0.15, -0.1) is 5.10 Å². The highest BCUT2D eigenvalue weighted by atomic mass is 19.1. The summed E-state index contributed by atoms with van der Waals surface area (Å²) in [5.41, 5.74) is 2.27. The molecule has 30 heavy (non-hydrogen) atoms. The zero-order chi connectivity index (χ0) is 20.9. The Balaban J connectivity index is 1.39. The molecule has 0 radical (unpaired) electrons. The molecule has 1 aliphatic heterocycles. The van der Waals surface area contributed by atoms with Gasteiger partial charge in [-0.25, -0.2) is 14.1 Å². The van der Waals surface area contributed by atoms with Crippen LogP contribution in [0.5, 0.6) is 5.88 Å². The molecule has 3 aromatic rings. The number of halogens is 1. The Morgan fingerprint density at radius 1 is 1.20 bits per heavy atom. The van der Waals surface area contributed by atoms with Crippen molar-refractivity contribution in [2.24, 2.45) is 13.0 Å². The third-order valence-electron chi connectivity index (χ3n) is 5.14. The van der Waals surface area contributed by atoms with Gasteiger partial charge in [-0.05, 0) is 37.0 Å². The van der Waals surface area contributed by atoms with Crippen LogP contribution in [0.25, 0.3) is 11.4 Å². The highest BCUT2D eigenvalue weighted by Crippen LogP contribution is 2.22. The summed E-state index contributed by atoms with van der Waals surface area (Å²) >= 11 is 0. The molecule has 0 saturated carbocycles. The van der Waals surface area contributed by atoms with Gasteiger partial charge in [0, 0.05) is 44.5 Å². The van der Waals surface area contributed by atoms with Crippen LogP contribution in [-0.2, 0) is 18.4 Å². The molecule has 8 nitrogen and oxygen atoms in total. The van der Waals surface area contributed by atoms with E-state index in [1.165, 1.54) is 6.07 Å². The number of ketones is 1. The lowest BCUT2D eigenvalue weighted by Gasteiger charge is -2.21. The van der Waals surface area contributed by atoms with Gasteiger partial charge in [0.1, 0.15) is 23.8 Å². The lowest BCUT2D eigenvalue weighted by Crippen LogP contribution is -2.18. The SMILES string of the molecule is Cn1nnc(-c2ccc(F)cn2)c1COc1ccc(C(=O)CC2CCOCC2)cn1. The Morgan fingerprint density at radius 2 is 2.03 bits per heavy atom. The van der Waals surface area contributed by atoms with Crippen LogP contribution in [-0.4, -0.2) is 44.0 Å². The van der Waals surface area contributed by atoms with E-state index in [1.807, 2.05) is 0 Å². The van der Waals surface area contributed by atoms with Crippen molar-refractivity contribution in [2.75, 3.05) is 13.2 Å². The van der Waals surface area contributed by atoms with Gasteiger partial charge in [-0.2, -0.15) is 0 Å². The maximum absolute atomic E-state index is 13.1. The molecule has 3 aromatic heterocycles. The Kier molecular flexibility index (Phi) is 6.08. The first-order valence-corrected chi connectivity index (χ1v) is 9.80. The normalized spacial score (nSPS) is 14.6. The number of nitrogens with zero attached hydrogens (tertiary/aromatic N) is 5. The Labute approximate surface area is 173 Å². The van der Waals surface area contributed by atoms with Gasteiger partial charge in [0.25, 0.3) is 0 Å². The zero-order valence-corrected chi connectivity index (χ0v) is 16.6. The summed E-state index contributed by atoms with van der Waals surface area (Å²) in [4.78, 5) is 20.8. The molecule has 1 aliphatic rings. The number of Topliss-reactive ketones (excluding diaryl/α,β-unsaturated/α-hetero) is 1. The molecule has 1 saturated heterocycles. The largest absolute Gasteiger partial charge is 0.471 e. The van der Waals surface area contributed by atoms with Gasteiger partial charge in [0.05, 0.1) is 11.9 Å². The second-order valence-electron chi connectivity index (χ2n) is 7.23. The van der Waals surface area contributed by atoms with E-state index in [1.54, 1.807) is 36.1 Å². The van der Waals surface area contributed by atoms with Crippen molar-refractivity contribution < 1.29 is 18.7 Å². The average Bonchev–Trinajstić information content (AvgIpc) is 3.14. The Bertz CT molecular complexity index is 998. The molecule has 0 unspecified atom stereocenters. The van der Waals surface area contributed by atoms with Crippen LogP contribution >= 0.6 is 0 Å². The molecule has 156 valence electrons. The number of aryl methyl sites for hydroxylation is 1. The smallest absolute Gasteiger partial charge is 0.213 e. The lowest BCUT2D eigenvalue weighted by molar-refractivity contribution is 0.0601. The van der Waals surface area contributed by atoms with E-state index >= 15 is 0 Å². The van der Waals surface area contributed by atoms with Gasteiger partial charge < -0.3 is 9.47 Å². The average molecular weight is 411 g/mol. The van der Waals surface area contributed by atoms with Crippen LogP contribution in [0.4, 0.5) is 4.39 Å². The summed E-state index contributed by atoms with van der Waals surface area (Å²) in [6.45, 7) is 1.60. The second kappa shape index (κ2) is 9.08. The van der Waals surface area contributed by atoms with Crippen molar-refractivity contribution in [1.29, 1.82) is 0 Å². The molecule has 0 atom stereocenters. The molecule has 0 spiro atoms. The van der Waals surface area contributed by atoms with Crippen LogP contribution in [0, 0.1) is 11.7 Å². The molecule has 4 rings (SSSR count). The Hall–Kier alpha value is -3.20. The fraction of sp³-hybridized carbons (Fsp3) is 0.381. The van der Waals surface area contributed by atoms with E-state index in [0.29, 0.717) is 40.9 Å². The number of carbonyl (C=O) groups is 1. The zero-order valence-electron chi connectivity index (χ0n) is 16.6. The topological polar surface area (TPSA) is 92.0 Å². The summed E-state index contributed by atoms with van der Waals surface area (Å²) < 4.78 is 25.8. The fourth-order valence-electron chi connectivity index (χ4n) is 3.36.